The smallest absolute Gasteiger partial charge is 0.416 e. The highest BCUT2D eigenvalue weighted by atomic mass is 19.4. The summed E-state index contributed by atoms with van der Waals surface area (Å²) in [5.74, 6) is 0.153. The Bertz CT molecular complexity index is 464. The van der Waals surface area contributed by atoms with Crippen molar-refractivity contribution in [2.75, 3.05) is 0 Å². The van der Waals surface area contributed by atoms with Crippen molar-refractivity contribution in [1.29, 1.82) is 0 Å². The van der Waals surface area contributed by atoms with Crippen LogP contribution in [0, 0.1) is 0 Å². The van der Waals surface area contributed by atoms with Crippen molar-refractivity contribution in [3.63, 3.8) is 0 Å². The molecule has 2 aromatic carbocycles. The van der Waals surface area contributed by atoms with E-state index in [1.54, 1.807) is 24.3 Å². The number of benzene rings is 2. The second kappa shape index (κ2) is 5.95. The van der Waals surface area contributed by atoms with Crippen LogP contribution in [0.4, 0.5) is 13.2 Å². The van der Waals surface area contributed by atoms with E-state index >= 15 is 0 Å². The minimum atomic E-state index is -4.33. The van der Waals surface area contributed by atoms with Crippen molar-refractivity contribution >= 4 is 0 Å². The van der Waals surface area contributed by atoms with Gasteiger partial charge >= 0.3 is 6.18 Å². The van der Waals surface area contributed by atoms with Gasteiger partial charge in [-0.3, -0.25) is 0 Å². The monoisotopic (exact) mass is 256 g/mol. The average Bonchev–Trinajstić information content (AvgIpc) is 2.30. The Hall–Kier alpha value is -2.17. The molecule has 0 unspecified atom stereocenters. The van der Waals surface area contributed by atoms with Gasteiger partial charge in [-0.05, 0) is 36.4 Å². The molecule has 0 aliphatic rings. The van der Waals surface area contributed by atoms with Crippen molar-refractivity contribution in [1.82, 2.24) is 0 Å². The van der Waals surface area contributed by atoms with Gasteiger partial charge in [0, 0.05) is 0 Å². The topological polar surface area (TPSA) is 40.5 Å². The highest BCUT2D eigenvalue weighted by Gasteiger charge is 2.29. The van der Waals surface area contributed by atoms with Crippen molar-refractivity contribution in [3.05, 3.63) is 60.2 Å². The van der Waals surface area contributed by atoms with Gasteiger partial charge in [-0.2, -0.15) is 13.2 Å². The van der Waals surface area contributed by atoms with Crippen molar-refractivity contribution < 1.29 is 23.4 Å². The van der Waals surface area contributed by atoms with Crippen LogP contribution in [-0.4, -0.2) is 10.2 Å². The highest BCUT2D eigenvalue weighted by molar-refractivity contribution is 5.27. The summed E-state index contributed by atoms with van der Waals surface area (Å²) in [7, 11) is 0. The number of halogens is 3. The predicted octanol–water partition coefficient (Wildman–Crippen LogP) is 3.80. The first-order valence-electron chi connectivity index (χ1n) is 5.00. The molecule has 2 N–H and O–H groups in total. The van der Waals surface area contributed by atoms with Gasteiger partial charge in [0.25, 0.3) is 0 Å². The quantitative estimate of drug-likeness (QED) is 0.752. The number of hydrogen-bond donors (Lipinski definition) is 2. The first kappa shape index (κ1) is 13.9. The SMILES string of the molecule is Oc1ccc(C(F)(F)F)cc1.Oc1ccccc1. The van der Waals surface area contributed by atoms with E-state index in [1.165, 1.54) is 0 Å². The van der Waals surface area contributed by atoms with Crippen LogP contribution in [0.5, 0.6) is 11.5 Å². The van der Waals surface area contributed by atoms with Gasteiger partial charge < -0.3 is 10.2 Å². The van der Waals surface area contributed by atoms with E-state index in [0.29, 0.717) is 5.75 Å². The standard InChI is InChI=1S/C7H5F3O.C6H6O/c8-7(9,10)5-1-3-6(11)4-2-5;7-6-4-2-1-3-5-6/h1-4,11H;1-5,7H. The second-order valence-corrected chi connectivity index (χ2v) is 3.38. The molecule has 0 aliphatic heterocycles. The molecular formula is C13H11F3O2. The summed E-state index contributed by atoms with van der Waals surface area (Å²) in [5.41, 5.74) is -0.754. The fourth-order valence-electron chi connectivity index (χ4n) is 1.08. The zero-order valence-electron chi connectivity index (χ0n) is 9.22. The minimum absolute atomic E-state index is 0.169. The molecule has 0 saturated heterocycles. The van der Waals surface area contributed by atoms with Crippen LogP contribution in [0.25, 0.3) is 0 Å². The molecule has 0 aliphatic carbocycles. The van der Waals surface area contributed by atoms with Gasteiger partial charge in [-0.1, -0.05) is 18.2 Å². The van der Waals surface area contributed by atoms with Crippen LogP contribution < -0.4 is 0 Å². The number of phenolic OH excluding ortho intramolecular Hbond substituents is 2. The molecule has 0 spiro atoms. The largest absolute Gasteiger partial charge is 0.508 e. The fourth-order valence-corrected chi connectivity index (χ4v) is 1.08. The molecule has 0 atom stereocenters. The summed E-state index contributed by atoms with van der Waals surface area (Å²) >= 11 is 0. The Balaban J connectivity index is 0.000000199. The predicted molar refractivity (Wildman–Crippen MR) is 61.2 cm³/mol. The van der Waals surface area contributed by atoms with Gasteiger partial charge in [0.15, 0.2) is 0 Å². The maximum atomic E-state index is 11.8. The maximum absolute atomic E-state index is 11.8. The summed E-state index contributed by atoms with van der Waals surface area (Å²) in [6.07, 6.45) is -4.33. The third-order valence-electron chi connectivity index (χ3n) is 1.95. The van der Waals surface area contributed by atoms with Gasteiger partial charge in [0.1, 0.15) is 11.5 Å². The van der Waals surface area contributed by atoms with Gasteiger partial charge in [-0.15, -0.1) is 0 Å². The van der Waals surface area contributed by atoms with E-state index in [-0.39, 0.29) is 5.75 Å². The summed E-state index contributed by atoms with van der Waals surface area (Å²) in [4.78, 5) is 0. The first-order chi connectivity index (χ1) is 8.39. The van der Waals surface area contributed by atoms with Crippen molar-refractivity contribution in [2.24, 2.45) is 0 Å². The van der Waals surface area contributed by atoms with Crippen molar-refractivity contribution in [3.8, 4) is 11.5 Å². The number of hydrogen-bond acceptors (Lipinski definition) is 2. The molecule has 2 aromatic rings. The lowest BCUT2D eigenvalue weighted by Gasteiger charge is -2.04. The van der Waals surface area contributed by atoms with Gasteiger partial charge in [0.2, 0.25) is 0 Å². The summed E-state index contributed by atoms with van der Waals surface area (Å²) in [5, 5.41) is 17.3. The Morgan fingerprint density at radius 2 is 1.11 bits per heavy atom. The van der Waals surface area contributed by atoms with Crippen LogP contribution in [0.3, 0.4) is 0 Å². The van der Waals surface area contributed by atoms with Crippen LogP contribution in [0.15, 0.2) is 54.6 Å². The lowest BCUT2D eigenvalue weighted by Crippen LogP contribution is -2.03. The van der Waals surface area contributed by atoms with Crippen LogP contribution >= 0.6 is 0 Å². The molecule has 0 saturated carbocycles. The van der Waals surface area contributed by atoms with Crippen molar-refractivity contribution in [2.45, 2.75) is 6.18 Å². The zero-order valence-corrected chi connectivity index (χ0v) is 9.22. The number of para-hydroxylation sites is 1. The van der Waals surface area contributed by atoms with E-state index in [0.717, 1.165) is 24.3 Å². The lowest BCUT2D eigenvalue weighted by atomic mass is 10.2. The first-order valence-corrected chi connectivity index (χ1v) is 5.00. The van der Waals surface area contributed by atoms with Crippen LogP contribution in [0.2, 0.25) is 0 Å². The molecule has 0 aromatic heterocycles. The molecule has 0 amide bonds. The van der Waals surface area contributed by atoms with E-state index in [9.17, 15) is 13.2 Å². The molecule has 0 bridgehead atoms. The Labute approximate surface area is 102 Å². The minimum Gasteiger partial charge on any atom is -0.508 e. The van der Waals surface area contributed by atoms with E-state index < -0.39 is 11.7 Å². The zero-order chi connectivity index (χ0) is 13.6. The molecule has 2 rings (SSSR count). The average molecular weight is 256 g/mol. The molecule has 0 radical (unpaired) electrons. The fraction of sp³-hybridized carbons (Fsp3) is 0.0769. The Morgan fingerprint density at radius 1 is 0.667 bits per heavy atom. The molecule has 96 valence electrons. The number of aromatic hydroxyl groups is 2. The number of rotatable bonds is 0. The third-order valence-corrected chi connectivity index (χ3v) is 1.95. The summed E-state index contributed by atoms with van der Waals surface area (Å²) in [6.45, 7) is 0. The second-order valence-electron chi connectivity index (χ2n) is 3.38. The highest BCUT2D eigenvalue weighted by Crippen LogP contribution is 2.29. The Kier molecular flexibility index (Phi) is 4.59. The number of phenols is 2. The van der Waals surface area contributed by atoms with E-state index in [4.69, 9.17) is 10.2 Å². The van der Waals surface area contributed by atoms with Crippen LogP contribution in [0.1, 0.15) is 5.56 Å². The van der Waals surface area contributed by atoms with E-state index in [1.807, 2.05) is 6.07 Å². The summed E-state index contributed by atoms with van der Waals surface area (Å²) in [6, 6.07) is 12.4. The molecule has 5 heteroatoms. The third kappa shape index (κ3) is 4.78. The number of alkyl halides is 3. The van der Waals surface area contributed by atoms with Crippen LogP contribution in [-0.2, 0) is 6.18 Å². The molecule has 0 heterocycles. The Morgan fingerprint density at radius 3 is 1.44 bits per heavy atom. The van der Waals surface area contributed by atoms with E-state index in [2.05, 4.69) is 0 Å². The lowest BCUT2D eigenvalue weighted by molar-refractivity contribution is -0.137. The molecular weight excluding hydrogens is 245 g/mol. The maximum Gasteiger partial charge on any atom is 0.416 e. The normalized spacial score (nSPS) is 10.4. The molecule has 0 fully saturated rings. The molecule has 18 heavy (non-hydrogen) atoms. The molecule has 2 nitrogen and oxygen atoms in total. The van der Waals surface area contributed by atoms with Gasteiger partial charge in [0.05, 0.1) is 5.56 Å². The van der Waals surface area contributed by atoms with Gasteiger partial charge in [-0.25, -0.2) is 0 Å². The summed E-state index contributed by atoms with van der Waals surface area (Å²) < 4.78 is 35.5.